The Labute approximate surface area is 212 Å². The number of thioether (sulfide) groups is 1. The highest BCUT2D eigenvalue weighted by Crippen LogP contribution is 2.25. The summed E-state index contributed by atoms with van der Waals surface area (Å²) in [5.74, 6) is 0.684. The van der Waals surface area contributed by atoms with E-state index >= 15 is 0 Å². The van der Waals surface area contributed by atoms with Gasteiger partial charge in [-0.1, -0.05) is 70.2 Å². The summed E-state index contributed by atoms with van der Waals surface area (Å²) in [5, 5.41) is 4.30. The SMILES string of the molecule is C[C@@H](C(=O)NC1CCCC1)N(Cc1cccc(Br)c1)C(=O)CSCc1ccc(Cl)cc1Cl. The Morgan fingerprint density at radius 3 is 2.62 bits per heavy atom. The lowest BCUT2D eigenvalue weighted by Crippen LogP contribution is -2.50. The zero-order valence-electron chi connectivity index (χ0n) is 18.0. The van der Waals surface area contributed by atoms with Crippen molar-refractivity contribution in [2.75, 3.05) is 5.75 Å². The monoisotopic (exact) mass is 556 g/mol. The minimum Gasteiger partial charge on any atom is -0.352 e. The number of amides is 2. The molecule has 0 radical (unpaired) electrons. The first kappa shape index (κ1) is 25.4. The van der Waals surface area contributed by atoms with Crippen LogP contribution in [-0.2, 0) is 21.9 Å². The van der Waals surface area contributed by atoms with Crippen LogP contribution in [0.5, 0.6) is 0 Å². The molecule has 0 heterocycles. The van der Waals surface area contributed by atoms with Gasteiger partial charge in [0.15, 0.2) is 0 Å². The van der Waals surface area contributed by atoms with Gasteiger partial charge in [-0.05, 0) is 55.2 Å². The summed E-state index contributed by atoms with van der Waals surface area (Å²) in [6, 6.07) is 12.8. The van der Waals surface area contributed by atoms with Crippen molar-refractivity contribution < 1.29 is 9.59 Å². The van der Waals surface area contributed by atoms with Crippen molar-refractivity contribution in [3.8, 4) is 0 Å². The summed E-state index contributed by atoms with van der Waals surface area (Å²) < 4.78 is 0.942. The zero-order valence-corrected chi connectivity index (χ0v) is 21.9. The molecule has 0 spiro atoms. The van der Waals surface area contributed by atoms with E-state index in [1.54, 1.807) is 24.0 Å². The van der Waals surface area contributed by atoms with Gasteiger partial charge in [0, 0.05) is 32.9 Å². The summed E-state index contributed by atoms with van der Waals surface area (Å²) in [6.45, 7) is 2.18. The van der Waals surface area contributed by atoms with Crippen molar-refractivity contribution in [2.45, 2.75) is 57.0 Å². The van der Waals surface area contributed by atoms with Crippen LogP contribution in [0.1, 0.15) is 43.7 Å². The highest BCUT2D eigenvalue weighted by Gasteiger charge is 2.28. The standard InChI is InChI=1S/C24H27BrCl2N2O2S/c1-16(24(31)28-21-7-2-3-8-21)29(13-17-5-4-6-19(25)11-17)23(30)15-32-14-18-9-10-20(26)12-22(18)27/h4-6,9-12,16,21H,2-3,7-8,13-15H2,1H3,(H,28,31)/t16-/m0/s1. The Hall–Kier alpha value is -1.21. The molecule has 2 aromatic rings. The van der Waals surface area contributed by atoms with Crippen LogP contribution in [0.4, 0.5) is 0 Å². The van der Waals surface area contributed by atoms with Gasteiger partial charge >= 0.3 is 0 Å². The minimum atomic E-state index is -0.554. The van der Waals surface area contributed by atoms with Gasteiger partial charge in [0.25, 0.3) is 0 Å². The molecule has 2 amide bonds. The molecule has 0 bridgehead atoms. The average molecular weight is 558 g/mol. The molecule has 32 heavy (non-hydrogen) atoms. The molecule has 1 saturated carbocycles. The van der Waals surface area contributed by atoms with Gasteiger partial charge in [0.05, 0.1) is 5.75 Å². The molecule has 1 aliphatic rings. The van der Waals surface area contributed by atoms with Crippen LogP contribution < -0.4 is 5.32 Å². The molecule has 0 saturated heterocycles. The quantitative estimate of drug-likeness (QED) is 0.384. The lowest BCUT2D eigenvalue weighted by Gasteiger charge is -2.29. The molecule has 1 fully saturated rings. The number of benzene rings is 2. The molecule has 3 rings (SSSR count). The number of hydrogen-bond acceptors (Lipinski definition) is 3. The van der Waals surface area contributed by atoms with E-state index in [1.807, 2.05) is 30.3 Å². The predicted octanol–water partition coefficient (Wildman–Crippen LogP) is 6.47. The number of rotatable bonds is 9. The third-order valence-electron chi connectivity index (χ3n) is 5.61. The summed E-state index contributed by atoms with van der Waals surface area (Å²) >= 11 is 17.2. The van der Waals surface area contributed by atoms with Crippen molar-refractivity contribution in [1.82, 2.24) is 10.2 Å². The fraction of sp³-hybridized carbons (Fsp3) is 0.417. The van der Waals surface area contributed by atoms with Gasteiger partial charge < -0.3 is 10.2 Å². The summed E-state index contributed by atoms with van der Waals surface area (Å²) in [7, 11) is 0. The van der Waals surface area contributed by atoms with E-state index < -0.39 is 6.04 Å². The molecule has 4 nitrogen and oxygen atoms in total. The van der Waals surface area contributed by atoms with Gasteiger partial charge in [0.1, 0.15) is 6.04 Å². The molecule has 1 atom stereocenters. The van der Waals surface area contributed by atoms with Crippen LogP contribution in [0.3, 0.4) is 0 Å². The molecule has 172 valence electrons. The second kappa shape index (κ2) is 12.3. The Bertz CT molecular complexity index is 953. The van der Waals surface area contributed by atoms with Crippen LogP contribution >= 0.6 is 50.9 Å². The highest BCUT2D eigenvalue weighted by molar-refractivity contribution is 9.10. The van der Waals surface area contributed by atoms with Gasteiger partial charge in [0.2, 0.25) is 11.8 Å². The van der Waals surface area contributed by atoms with Crippen molar-refractivity contribution in [2.24, 2.45) is 0 Å². The molecule has 0 aromatic heterocycles. The van der Waals surface area contributed by atoms with E-state index in [1.165, 1.54) is 11.8 Å². The van der Waals surface area contributed by atoms with Crippen molar-refractivity contribution in [3.05, 3.63) is 68.1 Å². The van der Waals surface area contributed by atoms with Gasteiger partial charge in [-0.3, -0.25) is 9.59 Å². The Balaban J connectivity index is 1.66. The number of hydrogen-bond donors (Lipinski definition) is 1. The van der Waals surface area contributed by atoms with Gasteiger partial charge in [-0.2, -0.15) is 0 Å². The zero-order chi connectivity index (χ0) is 23.1. The molecule has 8 heteroatoms. The second-order valence-corrected chi connectivity index (χ2v) is 10.8. The van der Waals surface area contributed by atoms with Crippen molar-refractivity contribution in [3.63, 3.8) is 0 Å². The van der Waals surface area contributed by atoms with E-state index in [0.717, 1.165) is 41.3 Å². The molecule has 0 unspecified atom stereocenters. The number of carbonyl (C=O) groups excluding carboxylic acids is 2. The van der Waals surface area contributed by atoms with E-state index in [9.17, 15) is 9.59 Å². The van der Waals surface area contributed by atoms with E-state index in [2.05, 4.69) is 21.2 Å². The molecule has 2 aromatic carbocycles. The van der Waals surface area contributed by atoms with Crippen LogP contribution in [-0.4, -0.2) is 34.6 Å². The van der Waals surface area contributed by atoms with Gasteiger partial charge in [-0.25, -0.2) is 0 Å². The lowest BCUT2D eigenvalue weighted by atomic mass is 10.1. The third kappa shape index (κ3) is 7.41. The summed E-state index contributed by atoms with van der Waals surface area (Å²) in [5.41, 5.74) is 1.90. The normalized spacial score (nSPS) is 14.9. The maximum atomic E-state index is 13.2. The van der Waals surface area contributed by atoms with Crippen LogP contribution in [0.15, 0.2) is 46.9 Å². The first-order valence-electron chi connectivity index (χ1n) is 10.7. The summed E-state index contributed by atoms with van der Waals surface area (Å²) in [6.07, 6.45) is 4.30. The predicted molar refractivity (Wildman–Crippen MR) is 137 cm³/mol. The second-order valence-electron chi connectivity index (χ2n) is 8.05. The minimum absolute atomic E-state index is 0.0749. The van der Waals surface area contributed by atoms with E-state index in [0.29, 0.717) is 22.3 Å². The summed E-state index contributed by atoms with van der Waals surface area (Å²) in [4.78, 5) is 27.8. The number of halogens is 3. The smallest absolute Gasteiger partial charge is 0.242 e. The number of carbonyl (C=O) groups is 2. The fourth-order valence-corrected chi connectivity index (χ4v) is 5.69. The molecular formula is C24H27BrCl2N2O2S. The molecule has 1 N–H and O–H groups in total. The maximum Gasteiger partial charge on any atom is 0.242 e. The highest BCUT2D eigenvalue weighted by atomic mass is 79.9. The fourth-order valence-electron chi connectivity index (χ4n) is 3.78. The topological polar surface area (TPSA) is 49.4 Å². The van der Waals surface area contributed by atoms with Crippen LogP contribution in [0.25, 0.3) is 0 Å². The maximum absolute atomic E-state index is 13.2. The Kier molecular flexibility index (Phi) is 9.77. The Morgan fingerprint density at radius 1 is 1.19 bits per heavy atom. The van der Waals surface area contributed by atoms with Crippen LogP contribution in [0, 0.1) is 0 Å². The molecular weight excluding hydrogens is 531 g/mol. The average Bonchev–Trinajstić information content (AvgIpc) is 3.26. The molecule has 0 aliphatic heterocycles. The first-order valence-corrected chi connectivity index (χ1v) is 13.4. The first-order chi connectivity index (χ1) is 15.3. The van der Waals surface area contributed by atoms with E-state index in [-0.39, 0.29) is 23.6 Å². The van der Waals surface area contributed by atoms with Crippen LogP contribution in [0.2, 0.25) is 10.0 Å². The largest absolute Gasteiger partial charge is 0.352 e. The number of nitrogens with zero attached hydrogens (tertiary/aromatic N) is 1. The Morgan fingerprint density at radius 2 is 1.94 bits per heavy atom. The van der Waals surface area contributed by atoms with E-state index in [4.69, 9.17) is 23.2 Å². The van der Waals surface area contributed by atoms with Crippen molar-refractivity contribution >= 4 is 62.7 Å². The molecule has 1 aliphatic carbocycles. The lowest BCUT2D eigenvalue weighted by molar-refractivity contribution is -0.138. The third-order valence-corrected chi connectivity index (χ3v) is 7.66. The van der Waals surface area contributed by atoms with Crippen molar-refractivity contribution in [1.29, 1.82) is 0 Å². The number of nitrogens with one attached hydrogen (secondary N) is 1. The van der Waals surface area contributed by atoms with Gasteiger partial charge in [-0.15, -0.1) is 11.8 Å².